The zero-order valence-electron chi connectivity index (χ0n) is 20.9. The number of aromatic nitrogens is 1. The second-order valence-electron chi connectivity index (χ2n) is 11.8. The summed E-state index contributed by atoms with van der Waals surface area (Å²) in [5.41, 5.74) is 1.19. The fourth-order valence-electron chi connectivity index (χ4n) is 6.61. The van der Waals surface area contributed by atoms with Gasteiger partial charge in [-0.05, 0) is 88.0 Å². The first-order valence-electron chi connectivity index (χ1n) is 12.8. The average molecular weight is 494 g/mol. The minimum atomic E-state index is -2.90. The Balaban J connectivity index is 1.36. The molecule has 4 saturated carbocycles. The first kappa shape index (κ1) is 24.8. The Morgan fingerprint density at radius 3 is 2.36 bits per heavy atom. The van der Waals surface area contributed by atoms with Gasteiger partial charge in [0.2, 0.25) is 5.91 Å². The van der Waals surface area contributed by atoms with Gasteiger partial charge in [0, 0.05) is 47.9 Å². The molecule has 4 fully saturated rings. The molecule has 0 aliphatic heterocycles. The molecule has 1 N–H and O–H groups in total. The molecule has 7 heteroatoms. The predicted molar refractivity (Wildman–Crippen MR) is 134 cm³/mol. The molecule has 0 spiro atoms. The number of carbonyl (C=O) groups is 1. The number of rotatable bonds is 6. The van der Waals surface area contributed by atoms with Gasteiger partial charge in [0.05, 0.1) is 12.2 Å². The third kappa shape index (κ3) is 4.52. The number of benzene rings is 1. The van der Waals surface area contributed by atoms with Crippen LogP contribution in [0.2, 0.25) is 0 Å². The number of halogens is 2. The topological polar surface area (TPSA) is 57.8 Å². The van der Waals surface area contributed by atoms with Gasteiger partial charge in [-0.1, -0.05) is 12.1 Å². The molecule has 0 atom stereocenters. The summed E-state index contributed by atoms with van der Waals surface area (Å²) in [4.78, 5) is 23.5. The van der Waals surface area contributed by atoms with Crippen LogP contribution in [0.25, 0.3) is 4.85 Å². The van der Waals surface area contributed by atoms with Gasteiger partial charge < -0.3 is 10.0 Å². The van der Waals surface area contributed by atoms with Gasteiger partial charge in [0.25, 0.3) is 5.92 Å². The summed E-state index contributed by atoms with van der Waals surface area (Å²) in [5, 5.41) is 10.2. The minimum absolute atomic E-state index is 0.0197. The van der Waals surface area contributed by atoms with Crippen LogP contribution >= 0.6 is 0 Å². The predicted octanol–water partition coefficient (Wildman–Crippen LogP) is 6.53. The zero-order chi connectivity index (χ0) is 25.8. The SMILES string of the molecule is [C-]#[N+]c1cccc(N(CC23CCC(c4ccc(C(C)(F)F)cn4)(CC2)CC3)C(=O)C2CC(C)(O)C2)c1. The molecule has 4 aliphatic carbocycles. The van der Waals surface area contributed by atoms with Crippen molar-refractivity contribution in [3.8, 4) is 0 Å². The number of aliphatic hydroxyl groups is 1. The quantitative estimate of drug-likeness (QED) is 0.466. The summed E-state index contributed by atoms with van der Waals surface area (Å²) in [6.45, 7) is 10.7. The highest BCUT2D eigenvalue weighted by molar-refractivity contribution is 5.96. The summed E-state index contributed by atoms with van der Waals surface area (Å²) in [6.07, 6.45) is 7.81. The number of amides is 1. The van der Waals surface area contributed by atoms with E-state index in [0.29, 0.717) is 25.1 Å². The molecule has 5 nitrogen and oxygen atoms in total. The van der Waals surface area contributed by atoms with Crippen molar-refractivity contribution in [2.45, 2.75) is 82.2 Å². The van der Waals surface area contributed by atoms with Gasteiger partial charge in [-0.3, -0.25) is 9.78 Å². The van der Waals surface area contributed by atoms with Gasteiger partial charge in [-0.15, -0.1) is 0 Å². The molecule has 6 rings (SSSR count). The molecule has 1 heterocycles. The first-order valence-corrected chi connectivity index (χ1v) is 12.8. The molecule has 0 unspecified atom stereocenters. The monoisotopic (exact) mass is 493 g/mol. The Labute approximate surface area is 211 Å². The molecule has 4 aliphatic rings. The molecular weight excluding hydrogens is 460 g/mol. The minimum Gasteiger partial charge on any atom is -0.390 e. The summed E-state index contributed by atoms with van der Waals surface area (Å²) in [7, 11) is 0. The van der Waals surface area contributed by atoms with E-state index in [4.69, 9.17) is 6.57 Å². The Morgan fingerprint density at radius 2 is 1.83 bits per heavy atom. The maximum Gasteiger partial charge on any atom is 0.272 e. The van der Waals surface area contributed by atoms with Crippen LogP contribution in [0.15, 0.2) is 42.6 Å². The van der Waals surface area contributed by atoms with Crippen LogP contribution in [0.4, 0.5) is 20.2 Å². The lowest BCUT2D eigenvalue weighted by molar-refractivity contribution is -0.137. The molecular formula is C29H33F2N3O2. The van der Waals surface area contributed by atoms with Crippen molar-refractivity contribution in [2.75, 3.05) is 11.4 Å². The maximum absolute atomic E-state index is 13.7. The Morgan fingerprint density at radius 1 is 1.17 bits per heavy atom. The number of hydrogen-bond donors (Lipinski definition) is 1. The number of anilines is 1. The lowest BCUT2D eigenvalue weighted by Crippen LogP contribution is -2.54. The summed E-state index contributed by atoms with van der Waals surface area (Å²) >= 11 is 0. The number of alkyl halides is 2. The van der Waals surface area contributed by atoms with Crippen LogP contribution in [0.5, 0.6) is 0 Å². The van der Waals surface area contributed by atoms with Crippen molar-refractivity contribution in [3.05, 3.63) is 65.3 Å². The largest absolute Gasteiger partial charge is 0.390 e. The van der Waals surface area contributed by atoms with E-state index in [9.17, 15) is 18.7 Å². The van der Waals surface area contributed by atoms with E-state index in [2.05, 4.69) is 9.83 Å². The van der Waals surface area contributed by atoms with Crippen LogP contribution in [0, 0.1) is 17.9 Å². The Bertz CT molecular complexity index is 1160. The molecule has 190 valence electrons. The summed E-state index contributed by atoms with van der Waals surface area (Å²) in [5.74, 6) is -3.08. The van der Waals surface area contributed by atoms with E-state index in [-0.39, 0.29) is 28.2 Å². The molecule has 0 saturated heterocycles. The van der Waals surface area contributed by atoms with Gasteiger partial charge in [0.15, 0.2) is 5.69 Å². The van der Waals surface area contributed by atoms with E-state index < -0.39 is 11.5 Å². The highest BCUT2D eigenvalue weighted by atomic mass is 19.3. The number of carbonyl (C=O) groups excluding carboxylic acids is 1. The fourth-order valence-corrected chi connectivity index (χ4v) is 6.61. The maximum atomic E-state index is 13.7. The second kappa shape index (κ2) is 8.62. The van der Waals surface area contributed by atoms with Crippen molar-refractivity contribution in [1.82, 2.24) is 4.98 Å². The van der Waals surface area contributed by atoms with Crippen LogP contribution in [0.3, 0.4) is 0 Å². The van der Waals surface area contributed by atoms with Crippen LogP contribution in [-0.4, -0.2) is 28.1 Å². The van der Waals surface area contributed by atoms with E-state index in [1.54, 1.807) is 25.1 Å². The zero-order valence-corrected chi connectivity index (χ0v) is 20.9. The normalized spacial score (nSPS) is 31.4. The fraction of sp³-hybridized carbons (Fsp3) is 0.552. The molecule has 36 heavy (non-hydrogen) atoms. The summed E-state index contributed by atoms with van der Waals surface area (Å²) < 4.78 is 27.3. The number of fused-ring (bicyclic) bond motifs is 3. The lowest BCUT2D eigenvalue weighted by Gasteiger charge is -2.55. The molecule has 2 aromatic rings. The van der Waals surface area contributed by atoms with Gasteiger partial charge >= 0.3 is 0 Å². The first-order chi connectivity index (χ1) is 16.9. The Hall–Kier alpha value is -2.85. The smallest absolute Gasteiger partial charge is 0.272 e. The van der Waals surface area contributed by atoms with Gasteiger partial charge in [-0.25, -0.2) is 13.6 Å². The van der Waals surface area contributed by atoms with Crippen molar-refractivity contribution >= 4 is 17.3 Å². The third-order valence-electron chi connectivity index (χ3n) is 8.97. The lowest BCUT2D eigenvalue weighted by atomic mass is 9.52. The van der Waals surface area contributed by atoms with Crippen LogP contribution < -0.4 is 4.90 Å². The number of hydrogen-bond acceptors (Lipinski definition) is 3. The summed E-state index contributed by atoms with van der Waals surface area (Å²) in [6, 6.07) is 10.5. The van der Waals surface area contributed by atoms with Crippen molar-refractivity contribution in [2.24, 2.45) is 11.3 Å². The third-order valence-corrected chi connectivity index (χ3v) is 8.97. The van der Waals surface area contributed by atoms with Crippen LogP contribution in [-0.2, 0) is 16.1 Å². The molecule has 1 aromatic carbocycles. The number of nitrogens with zero attached hydrogens (tertiary/aromatic N) is 3. The van der Waals surface area contributed by atoms with Crippen LogP contribution in [0.1, 0.15) is 76.5 Å². The highest BCUT2D eigenvalue weighted by Gasteiger charge is 2.52. The van der Waals surface area contributed by atoms with Gasteiger partial charge in [0.1, 0.15) is 0 Å². The average Bonchev–Trinajstić information content (AvgIpc) is 2.86. The van der Waals surface area contributed by atoms with E-state index in [1.807, 2.05) is 17.0 Å². The standard InChI is InChI=1S/C29H33F2N3O2/c1-26(36)16-20(17-26)25(35)34(23-6-4-5-22(15-23)32-3)19-28-9-12-29(13-10-28,14-11-28)24-8-7-21(18-33-24)27(2,30)31/h4-8,15,18,20,36H,9-14,16-17,19H2,1-2H3. The molecule has 2 bridgehead atoms. The van der Waals surface area contributed by atoms with Gasteiger partial charge in [-0.2, -0.15) is 0 Å². The highest BCUT2D eigenvalue weighted by Crippen LogP contribution is 2.58. The van der Waals surface area contributed by atoms with Crippen molar-refractivity contribution < 1.29 is 18.7 Å². The molecule has 0 radical (unpaired) electrons. The van der Waals surface area contributed by atoms with E-state index in [1.165, 1.54) is 12.3 Å². The number of pyridine rings is 1. The van der Waals surface area contributed by atoms with Crippen molar-refractivity contribution in [1.29, 1.82) is 0 Å². The van der Waals surface area contributed by atoms with Crippen molar-refractivity contribution in [3.63, 3.8) is 0 Å². The Kier molecular flexibility index (Phi) is 5.95. The molecule has 1 amide bonds. The molecule has 1 aromatic heterocycles. The van der Waals surface area contributed by atoms with E-state index in [0.717, 1.165) is 56.8 Å². The second-order valence-corrected chi connectivity index (χ2v) is 11.8. The van der Waals surface area contributed by atoms with E-state index >= 15 is 0 Å².